The Kier molecular flexibility index (Phi) is 4.35. The molecule has 0 bridgehead atoms. The van der Waals surface area contributed by atoms with Crippen LogP contribution in [0.2, 0.25) is 0 Å². The Morgan fingerprint density at radius 2 is 2.05 bits per heavy atom. The first kappa shape index (κ1) is 14.9. The van der Waals surface area contributed by atoms with E-state index in [4.69, 9.17) is 4.74 Å². The van der Waals surface area contributed by atoms with E-state index in [0.717, 1.165) is 12.1 Å². The van der Waals surface area contributed by atoms with E-state index >= 15 is 0 Å². The number of hydrogen-bond donors (Lipinski definition) is 1. The minimum Gasteiger partial charge on any atom is -0.480 e. The van der Waals surface area contributed by atoms with Crippen molar-refractivity contribution in [3.8, 4) is 0 Å². The molecule has 110 valence electrons. The SMILES string of the molecule is CC(Cc1ccc(F)cc1F)(C(=O)O)N1CCOCC1. The average molecular weight is 285 g/mol. The van der Waals surface area contributed by atoms with Crippen LogP contribution in [0.4, 0.5) is 8.78 Å². The van der Waals surface area contributed by atoms with E-state index in [9.17, 15) is 18.7 Å². The highest BCUT2D eigenvalue weighted by atomic mass is 19.1. The maximum atomic E-state index is 13.7. The monoisotopic (exact) mass is 285 g/mol. The van der Waals surface area contributed by atoms with E-state index < -0.39 is 23.1 Å². The molecule has 1 aliphatic rings. The number of rotatable bonds is 4. The van der Waals surface area contributed by atoms with Gasteiger partial charge in [0.25, 0.3) is 0 Å². The van der Waals surface area contributed by atoms with E-state index in [1.54, 1.807) is 11.8 Å². The Morgan fingerprint density at radius 1 is 1.40 bits per heavy atom. The predicted molar refractivity (Wildman–Crippen MR) is 68.5 cm³/mol. The molecule has 1 fully saturated rings. The molecule has 6 heteroatoms. The van der Waals surface area contributed by atoms with Gasteiger partial charge in [-0.1, -0.05) is 6.07 Å². The summed E-state index contributed by atoms with van der Waals surface area (Å²) in [7, 11) is 0. The van der Waals surface area contributed by atoms with Crippen LogP contribution in [0.1, 0.15) is 12.5 Å². The van der Waals surface area contributed by atoms with Crippen molar-refractivity contribution < 1.29 is 23.4 Å². The molecule has 2 rings (SSSR count). The molecule has 0 radical (unpaired) electrons. The van der Waals surface area contributed by atoms with Gasteiger partial charge in [0.15, 0.2) is 0 Å². The number of halogens is 2. The fourth-order valence-electron chi connectivity index (χ4n) is 2.42. The number of morpholine rings is 1. The van der Waals surface area contributed by atoms with E-state index in [1.807, 2.05) is 0 Å². The zero-order valence-electron chi connectivity index (χ0n) is 11.2. The summed E-state index contributed by atoms with van der Waals surface area (Å²) in [4.78, 5) is 13.4. The molecular formula is C14H17F2NO3. The molecule has 1 unspecified atom stereocenters. The first-order valence-corrected chi connectivity index (χ1v) is 6.43. The quantitative estimate of drug-likeness (QED) is 0.914. The van der Waals surface area contributed by atoms with Gasteiger partial charge in [-0.05, 0) is 18.6 Å². The normalized spacial score (nSPS) is 19.6. The Bertz CT molecular complexity index is 503. The van der Waals surface area contributed by atoms with E-state index in [2.05, 4.69) is 0 Å². The third kappa shape index (κ3) is 2.96. The van der Waals surface area contributed by atoms with Crippen LogP contribution in [0.3, 0.4) is 0 Å². The van der Waals surface area contributed by atoms with Crippen molar-refractivity contribution in [1.29, 1.82) is 0 Å². The molecule has 20 heavy (non-hydrogen) atoms. The van der Waals surface area contributed by atoms with E-state index in [-0.39, 0.29) is 12.0 Å². The highest BCUT2D eigenvalue weighted by Crippen LogP contribution is 2.24. The molecule has 0 spiro atoms. The average Bonchev–Trinajstić information content (AvgIpc) is 2.42. The van der Waals surface area contributed by atoms with Gasteiger partial charge >= 0.3 is 5.97 Å². The zero-order valence-corrected chi connectivity index (χ0v) is 11.2. The second kappa shape index (κ2) is 5.85. The number of carbonyl (C=O) groups is 1. The van der Waals surface area contributed by atoms with E-state index in [0.29, 0.717) is 26.3 Å². The number of aliphatic carboxylic acids is 1. The van der Waals surface area contributed by atoms with Crippen LogP contribution >= 0.6 is 0 Å². The van der Waals surface area contributed by atoms with Crippen molar-refractivity contribution in [2.45, 2.75) is 18.9 Å². The Morgan fingerprint density at radius 3 is 2.60 bits per heavy atom. The van der Waals surface area contributed by atoms with Crippen LogP contribution in [0, 0.1) is 11.6 Å². The number of nitrogens with zero attached hydrogens (tertiary/aromatic N) is 1. The molecule has 1 saturated heterocycles. The fourth-order valence-corrected chi connectivity index (χ4v) is 2.42. The molecule has 1 N–H and O–H groups in total. The minimum absolute atomic E-state index is 0.0194. The molecule has 1 atom stereocenters. The lowest BCUT2D eigenvalue weighted by molar-refractivity contribution is -0.153. The molecule has 0 amide bonds. The van der Waals surface area contributed by atoms with Crippen LogP contribution in [0.5, 0.6) is 0 Å². The number of benzene rings is 1. The van der Waals surface area contributed by atoms with Crippen molar-refractivity contribution in [3.05, 3.63) is 35.4 Å². The molecule has 1 aliphatic heterocycles. The molecule has 0 aliphatic carbocycles. The van der Waals surface area contributed by atoms with Crippen LogP contribution in [0.15, 0.2) is 18.2 Å². The summed E-state index contributed by atoms with van der Waals surface area (Å²) in [6.45, 7) is 3.42. The maximum Gasteiger partial charge on any atom is 0.324 e. The first-order chi connectivity index (χ1) is 9.43. The van der Waals surface area contributed by atoms with Crippen LogP contribution < -0.4 is 0 Å². The van der Waals surface area contributed by atoms with Crippen molar-refractivity contribution in [2.24, 2.45) is 0 Å². The molecule has 4 nitrogen and oxygen atoms in total. The van der Waals surface area contributed by atoms with Crippen LogP contribution in [0.25, 0.3) is 0 Å². The van der Waals surface area contributed by atoms with Gasteiger partial charge in [0, 0.05) is 25.6 Å². The summed E-state index contributed by atoms with van der Waals surface area (Å²) in [5.74, 6) is -2.41. The second-order valence-corrected chi connectivity index (χ2v) is 5.09. The van der Waals surface area contributed by atoms with Gasteiger partial charge in [-0.3, -0.25) is 9.69 Å². The largest absolute Gasteiger partial charge is 0.480 e. The summed E-state index contributed by atoms with van der Waals surface area (Å²) in [6, 6.07) is 3.21. The van der Waals surface area contributed by atoms with Gasteiger partial charge in [0.2, 0.25) is 0 Å². The first-order valence-electron chi connectivity index (χ1n) is 6.43. The standard InChI is InChI=1S/C14H17F2NO3/c1-14(13(18)19,17-4-6-20-7-5-17)9-10-2-3-11(15)8-12(10)16/h2-3,8H,4-7,9H2,1H3,(H,18,19). The second-order valence-electron chi connectivity index (χ2n) is 5.09. The molecule has 0 saturated carbocycles. The highest BCUT2D eigenvalue weighted by molar-refractivity contribution is 5.78. The third-order valence-electron chi connectivity index (χ3n) is 3.72. The maximum absolute atomic E-state index is 13.7. The summed E-state index contributed by atoms with van der Waals surface area (Å²) in [6.07, 6.45) is -0.0194. The minimum atomic E-state index is -1.23. The van der Waals surface area contributed by atoms with E-state index in [1.165, 1.54) is 6.07 Å². The third-order valence-corrected chi connectivity index (χ3v) is 3.72. The summed E-state index contributed by atoms with van der Waals surface area (Å²) in [5, 5.41) is 9.51. The van der Waals surface area contributed by atoms with Crippen molar-refractivity contribution in [3.63, 3.8) is 0 Å². The Balaban J connectivity index is 2.26. The lowest BCUT2D eigenvalue weighted by Crippen LogP contribution is -2.57. The van der Waals surface area contributed by atoms with Crippen molar-refractivity contribution in [1.82, 2.24) is 4.90 Å². The summed E-state index contributed by atoms with van der Waals surface area (Å²) >= 11 is 0. The zero-order chi connectivity index (χ0) is 14.8. The lowest BCUT2D eigenvalue weighted by Gasteiger charge is -2.40. The number of carboxylic acid groups (broad SMARTS) is 1. The molecule has 1 heterocycles. The molecule has 1 aromatic carbocycles. The summed E-state index contributed by atoms with van der Waals surface area (Å²) in [5.41, 5.74) is -1.04. The predicted octanol–water partition coefficient (Wildman–Crippen LogP) is 1.68. The summed E-state index contributed by atoms with van der Waals surface area (Å²) < 4.78 is 31.9. The smallest absolute Gasteiger partial charge is 0.324 e. The Labute approximate surface area is 116 Å². The van der Waals surface area contributed by atoms with Gasteiger partial charge in [0.05, 0.1) is 13.2 Å². The van der Waals surface area contributed by atoms with Gasteiger partial charge in [-0.2, -0.15) is 0 Å². The molecule has 0 aromatic heterocycles. The van der Waals surface area contributed by atoms with Gasteiger partial charge in [0.1, 0.15) is 17.2 Å². The molecular weight excluding hydrogens is 268 g/mol. The van der Waals surface area contributed by atoms with Crippen molar-refractivity contribution in [2.75, 3.05) is 26.3 Å². The van der Waals surface area contributed by atoms with Gasteiger partial charge < -0.3 is 9.84 Å². The number of hydrogen-bond acceptors (Lipinski definition) is 3. The fraction of sp³-hybridized carbons (Fsp3) is 0.500. The van der Waals surface area contributed by atoms with Crippen LogP contribution in [-0.2, 0) is 16.0 Å². The number of carboxylic acids is 1. The molecule has 1 aromatic rings. The topological polar surface area (TPSA) is 49.8 Å². The lowest BCUT2D eigenvalue weighted by atomic mass is 9.90. The highest BCUT2D eigenvalue weighted by Gasteiger charge is 2.40. The number of ether oxygens (including phenoxy) is 1. The Hall–Kier alpha value is -1.53. The van der Waals surface area contributed by atoms with Crippen LogP contribution in [-0.4, -0.2) is 47.8 Å². The van der Waals surface area contributed by atoms with Crippen molar-refractivity contribution >= 4 is 5.97 Å². The van der Waals surface area contributed by atoms with Gasteiger partial charge in [-0.25, -0.2) is 8.78 Å². The van der Waals surface area contributed by atoms with Gasteiger partial charge in [-0.15, -0.1) is 0 Å².